The average molecular weight is 422 g/mol. The van der Waals surface area contributed by atoms with E-state index in [1.807, 2.05) is 73.8 Å². The lowest BCUT2D eigenvalue weighted by Gasteiger charge is -2.12. The molecular formula is C22H19N3O2S2. The number of thiophene rings is 1. The van der Waals surface area contributed by atoms with Gasteiger partial charge in [-0.1, -0.05) is 41.6 Å². The number of aromatic nitrogens is 2. The summed E-state index contributed by atoms with van der Waals surface area (Å²) < 4.78 is 2.20. The Kier molecular flexibility index (Phi) is 5.51. The molecule has 29 heavy (non-hydrogen) atoms. The third-order valence-corrected chi connectivity index (χ3v) is 6.21. The molecule has 4 aromatic rings. The molecule has 0 radical (unpaired) electrons. The van der Waals surface area contributed by atoms with E-state index in [2.05, 4.69) is 10.3 Å². The van der Waals surface area contributed by atoms with Crippen molar-refractivity contribution in [1.29, 1.82) is 0 Å². The molecule has 2 heterocycles. The van der Waals surface area contributed by atoms with Crippen LogP contribution in [0.3, 0.4) is 0 Å². The molecule has 0 aliphatic rings. The van der Waals surface area contributed by atoms with Gasteiger partial charge in [0.1, 0.15) is 4.70 Å². The number of aryl methyl sites for hydroxylation is 2. The lowest BCUT2D eigenvalue weighted by molar-refractivity contribution is -0.113. The SMILES string of the molecule is Cc1ccc(NC(=O)CSc2nc3ccsc3c(=O)n2-c2cccc(C)c2)cc1. The van der Waals surface area contributed by atoms with Crippen molar-refractivity contribution in [3.05, 3.63) is 81.5 Å². The van der Waals surface area contributed by atoms with E-state index in [9.17, 15) is 9.59 Å². The van der Waals surface area contributed by atoms with Gasteiger partial charge in [0.25, 0.3) is 5.56 Å². The molecule has 0 atom stereocenters. The monoisotopic (exact) mass is 421 g/mol. The molecule has 4 rings (SSSR count). The summed E-state index contributed by atoms with van der Waals surface area (Å²) >= 11 is 2.63. The highest BCUT2D eigenvalue weighted by Gasteiger charge is 2.16. The van der Waals surface area contributed by atoms with Crippen LogP contribution < -0.4 is 10.9 Å². The van der Waals surface area contributed by atoms with Crippen LogP contribution in [0.5, 0.6) is 0 Å². The minimum atomic E-state index is -0.144. The molecule has 146 valence electrons. The van der Waals surface area contributed by atoms with Crippen molar-refractivity contribution >= 4 is 44.9 Å². The number of fused-ring (bicyclic) bond motifs is 1. The van der Waals surface area contributed by atoms with E-state index in [1.54, 1.807) is 4.57 Å². The van der Waals surface area contributed by atoms with Crippen molar-refractivity contribution in [1.82, 2.24) is 9.55 Å². The quantitative estimate of drug-likeness (QED) is 0.372. The summed E-state index contributed by atoms with van der Waals surface area (Å²) in [5, 5.41) is 5.25. The first kappa shape index (κ1) is 19.4. The van der Waals surface area contributed by atoms with Gasteiger partial charge in [-0.05, 0) is 55.1 Å². The third kappa shape index (κ3) is 4.26. The van der Waals surface area contributed by atoms with Crippen LogP contribution in [0.25, 0.3) is 15.9 Å². The van der Waals surface area contributed by atoms with Crippen LogP contribution in [0.2, 0.25) is 0 Å². The van der Waals surface area contributed by atoms with Gasteiger partial charge in [-0.25, -0.2) is 4.98 Å². The van der Waals surface area contributed by atoms with Gasteiger partial charge in [-0.3, -0.25) is 14.2 Å². The predicted octanol–water partition coefficient (Wildman–Crippen LogP) is 4.79. The second-order valence-electron chi connectivity index (χ2n) is 6.71. The van der Waals surface area contributed by atoms with Crippen LogP contribution in [0.4, 0.5) is 5.69 Å². The maximum atomic E-state index is 13.1. The molecule has 0 spiro atoms. The molecule has 0 saturated carbocycles. The van der Waals surface area contributed by atoms with Gasteiger partial charge < -0.3 is 5.32 Å². The summed E-state index contributed by atoms with van der Waals surface area (Å²) in [4.78, 5) is 30.2. The summed E-state index contributed by atoms with van der Waals surface area (Å²) in [6.07, 6.45) is 0. The smallest absolute Gasteiger partial charge is 0.276 e. The van der Waals surface area contributed by atoms with Gasteiger partial charge in [0.05, 0.1) is 17.0 Å². The Bertz CT molecular complexity index is 1240. The van der Waals surface area contributed by atoms with Crippen LogP contribution >= 0.6 is 23.1 Å². The Morgan fingerprint density at radius 3 is 2.66 bits per heavy atom. The third-order valence-electron chi connectivity index (χ3n) is 4.38. The summed E-state index contributed by atoms with van der Waals surface area (Å²) in [7, 11) is 0. The molecule has 2 aromatic heterocycles. The highest BCUT2D eigenvalue weighted by atomic mass is 32.2. The number of rotatable bonds is 5. The minimum Gasteiger partial charge on any atom is -0.325 e. The molecule has 7 heteroatoms. The standard InChI is InChI=1S/C22H19N3O2S2/c1-14-6-8-16(9-7-14)23-19(26)13-29-22-24-18-10-11-28-20(18)21(27)25(22)17-5-3-4-15(2)12-17/h3-12H,13H2,1-2H3,(H,23,26). The number of carbonyl (C=O) groups excluding carboxylic acids is 1. The number of hydrogen-bond acceptors (Lipinski definition) is 5. The first-order chi connectivity index (χ1) is 14.0. The van der Waals surface area contributed by atoms with Crippen LogP contribution in [-0.4, -0.2) is 21.2 Å². The number of anilines is 1. The van der Waals surface area contributed by atoms with Crippen molar-refractivity contribution in [2.24, 2.45) is 0 Å². The van der Waals surface area contributed by atoms with Gasteiger partial charge in [0, 0.05) is 5.69 Å². The highest BCUT2D eigenvalue weighted by Crippen LogP contribution is 2.24. The minimum absolute atomic E-state index is 0.114. The fraction of sp³-hybridized carbons (Fsp3) is 0.136. The van der Waals surface area contributed by atoms with Crippen LogP contribution in [-0.2, 0) is 4.79 Å². The molecule has 0 aliphatic carbocycles. The average Bonchev–Trinajstić information content (AvgIpc) is 3.17. The van der Waals surface area contributed by atoms with Gasteiger partial charge in [0.2, 0.25) is 5.91 Å². The number of nitrogens with zero attached hydrogens (tertiary/aromatic N) is 2. The number of thioether (sulfide) groups is 1. The van der Waals surface area contributed by atoms with Crippen LogP contribution in [0.15, 0.2) is 69.9 Å². The first-order valence-corrected chi connectivity index (χ1v) is 10.9. The van der Waals surface area contributed by atoms with Gasteiger partial charge in [0.15, 0.2) is 5.16 Å². The van der Waals surface area contributed by atoms with Gasteiger partial charge in [-0.2, -0.15) is 0 Å². The second-order valence-corrected chi connectivity index (χ2v) is 8.57. The summed E-state index contributed by atoms with van der Waals surface area (Å²) in [6, 6.07) is 17.2. The fourth-order valence-corrected chi connectivity index (χ4v) is 4.52. The molecule has 0 fully saturated rings. The molecule has 0 aliphatic heterocycles. The highest BCUT2D eigenvalue weighted by molar-refractivity contribution is 7.99. The maximum Gasteiger partial charge on any atom is 0.276 e. The zero-order valence-electron chi connectivity index (χ0n) is 16.0. The fourth-order valence-electron chi connectivity index (χ4n) is 2.95. The molecule has 0 bridgehead atoms. The molecule has 0 unspecified atom stereocenters. The van der Waals surface area contributed by atoms with E-state index in [4.69, 9.17) is 0 Å². The first-order valence-electron chi connectivity index (χ1n) is 9.08. The number of hydrogen-bond donors (Lipinski definition) is 1. The Morgan fingerprint density at radius 1 is 1.10 bits per heavy atom. The maximum absolute atomic E-state index is 13.1. The van der Waals surface area contributed by atoms with E-state index >= 15 is 0 Å². The van der Waals surface area contributed by atoms with Gasteiger partial charge >= 0.3 is 0 Å². The summed E-state index contributed by atoms with van der Waals surface area (Å²) in [5.41, 5.74) is 4.22. The Labute approximate surface area is 176 Å². The molecule has 1 N–H and O–H groups in total. The second kappa shape index (κ2) is 8.23. The molecule has 1 amide bonds. The lowest BCUT2D eigenvalue weighted by Crippen LogP contribution is -2.22. The van der Waals surface area contributed by atoms with Crippen LogP contribution in [0.1, 0.15) is 11.1 Å². The lowest BCUT2D eigenvalue weighted by atomic mass is 10.2. The number of amides is 1. The zero-order valence-corrected chi connectivity index (χ0v) is 17.6. The van der Waals surface area contributed by atoms with E-state index in [1.165, 1.54) is 23.1 Å². The Hall–Kier alpha value is -2.90. The zero-order chi connectivity index (χ0) is 20.4. The van der Waals surface area contributed by atoms with Crippen molar-refractivity contribution in [2.45, 2.75) is 19.0 Å². The van der Waals surface area contributed by atoms with E-state index in [0.29, 0.717) is 15.4 Å². The van der Waals surface area contributed by atoms with Crippen LogP contribution in [0, 0.1) is 13.8 Å². The van der Waals surface area contributed by atoms with E-state index in [0.717, 1.165) is 22.5 Å². The number of benzene rings is 2. The van der Waals surface area contributed by atoms with Gasteiger partial charge in [-0.15, -0.1) is 11.3 Å². The number of nitrogens with one attached hydrogen (secondary N) is 1. The van der Waals surface area contributed by atoms with Crippen molar-refractivity contribution in [3.63, 3.8) is 0 Å². The number of carbonyl (C=O) groups is 1. The van der Waals surface area contributed by atoms with Crippen molar-refractivity contribution < 1.29 is 4.79 Å². The predicted molar refractivity (Wildman–Crippen MR) is 120 cm³/mol. The van der Waals surface area contributed by atoms with E-state index < -0.39 is 0 Å². The summed E-state index contributed by atoms with van der Waals surface area (Å²) in [6.45, 7) is 3.98. The largest absolute Gasteiger partial charge is 0.325 e. The molecule has 0 saturated heterocycles. The Balaban J connectivity index is 1.64. The normalized spacial score (nSPS) is 11.0. The molecular weight excluding hydrogens is 402 g/mol. The molecule has 5 nitrogen and oxygen atoms in total. The topological polar surface area (TPSA) is 64.0 Å². The Morgan fingerprint density at radius 2 is 1.90 bits per heavy atom. The summed E-state index contributed by atoms with van der Waals surface area (Å²) in [5.74, 6) is 0.0104. The molecule has 2 aromatic carbocycles. The van der Waals surface area contributed by atoms with Crippen molar-refractivity contribution in [2.75, 3.05) is 11.1 Å². The van der Waals surface area contributed by atoms with Crippen molar-refractivity contribution in [3.8, 4) is 5.69 Å². The van der Waals surface area contributed by atoms with E-state index in [-0.39, 0.29) is 17.2 Å².